The lowest BCUT2D eigenvalue weighted by atomic mass is 10.1. The third-order valence-corrected chi connectivity index (χ3v) is 1.06. The van der Waals surface area contributed by atoms with Gasteiger partial charge < -0.3 is 0 Å². The molecule has 11 heavy (non-hydrogen) atoms. The van der Waals surface area contributed by atoms with E-state index in [1.54, 1.807) is 6.92 Å². The molecule has 0 aliphatic heterocycles. The molecular weight excluding hydrogens is 143 g/mol. The lowest BCUT2D eigenvalue weighted by Gasteiger charge is -1.97. The van der Waals surface area contributed by atoms with E-state index in [9.17, 15) is 9.18 Å². The smallest absolute Gasteiger partial charge is 0.162 e. The van der Waals surface area contributed by atoms with E-state index in [0.29, 0.717) is 5.57 Å². The Labute approximate surface area is 65.9 Å². The fraction of sp³-hybridized carbons (Fsp3) is 0.222. The molecule has 0 saturated heterocycles. The van der Waals surface area contributed by atoms with Crippen LogP contribution in [0.5, 0.6) is 0 Å². The molecule has 2 heteroatoms. The van der Waals surface area contributed by atoms with E-state index in [2.05, 4.69) is 13.2 Å². The molecule has 0 aliphatic carbocycles. The van der Waals surface area contributed by atoms with Crippen molar-refractivity contribution in [2.24, 2.45) is 0 Å². The topological polar surface area (TPSA) is 17.1 Å². The second-order valence-electron chi connectivity index (χ2n) is 2.37. The second kappa shape index (κ2) is 3.86. The Kier molecular flexibility index (Phi) is 3.45. The van der Waals surface area contributed by atoms with Gasteiger partial charge in [-0.05, 0) is 19.9 Å². The van der Waals surface area contributed by atoms with Gasteiger partial charge in [0.25, 0.3) is 0 Å². The number of hydrogen-bond acceptors (Lipinski definition) is 1. The zero-order chi connectivity index (χ0) is 9.02. The molecule has 0 radical (unpaired) electrons. The van der Waals surface area contributed by atoms with Crippen molar-refractivity contribution in [2.45, 2.75) is 13.8 Å². The van der Waals surface area contributed by atoms with Crippen LogP contribution >= 0.6 is 0 Å². The maximum Gasteiger partial charge on any atom is 0.162 e. The van der Waals surface area contributed by atoms with Gasteiger partial charge in [-0.3, -0.25) is 4.79 Å². The quantitative estimate of drug-likeness (QED) is 0.451. The summed E-state index contributed by atoms with van der Waals surface area (Å²) < 4.78 is 12.5. The van der Waals surface area contributed by atoms with E-state index >= 15 is 0 Å². The Bertz CT molecular complexity index is 220. The molecule has 1 nitrogen and oxygen atoms in total. The largest absolute Gasteiger partial charge is 0.294 e. The Balaban J connectivity index is 4.75. The van der Waals surface area contributed by atoms with Crippen LogP contribution in [0.1, 0.15) is 13.8 Å². The highest BCUT2D eigenvalue weighted by Crippen LogP contribution is 2.12. The summed E-state index contributed by atoms with van der Waals surface area (Å²) in [5.41, 5.74) is 0.631. The molecule has 0 aromatic rings. The van der Waals surface area contributed by atoms with Crippen LogP contribution in [0, 0.1) is 0 Å². The first-order valence-electron chi connectivity index (χ1n) is 3.18. The molecule has 0 bridgehead atoms. The molecule has 0 spiro atoms. The van der Waals surface area contributed by atoms with Gasteiger partial charge in [0.05, 0.1) is 5.57 Å². The SMILES string of the molecule is C=C(C)/C=C(\C(=C)F)C(C)=O. The highest BCUT2D eigenvalue weighted by molar-refractivity contribution is 5.97. The van der Waals surface area contributed by atoms with Crippen molar-refractivity contribution in [3.63, 3.8) is 0 Å². The fourth-order valence-electron chi connectivity index (χ4n) is 0.617. The van der Waals surface area contributed by atoms with Crippen LogP contribution in [0.4, 0.5) is 4.39 Å². The van der Waals surface area contributed by atoms with Gasteiger partial charge in [-0.25, -0.2) is 4.39 Å². The minimum Gasteiger partial charge on any atom is -0.294 e. The summed E-state index contributed by atoms with van der Waals surface area (Å²) in [7, 11) is 0. The molecule has 0 unspecified atom stereocenters. The first-order valence-corrected chi connectivity index (χ1v) is 3.18. The Hall–Kier alpha value is -1.18. The maximum atomic E-state index is 12.5. The third-order valence-electron chi connectivity index (χ3n) is 1.06. The maximum absolute atomic E-state index is 12.5. The molecule has 0 heterocycles. The number of ketones is 1. The molecule has 60 valence electrons. The predicted octanol–water partition coefficient (Wildman–Crippen LogP) is 2.56. The summed E-state index contributed by atoms with van der Waals surface area (Å²) >= 11 is 0. The Morgan fingerprint density at radius 1 is 1.36 bits per heavy atom. The summed E-state index contributed by atoms with van der Waals surface area (Å²) in [6.07, 6.45) is 1.38. The van der Waals surface area contributed by atoms with E-state index in [4.69, 9.17) is 0 Å². The number of hydrogen-bond donors (Lipinski definition) is 0. The van der Waals surface area contributed by atoms with Crippen LogP contribution in [0.15, 0.2) is 36.2 Å². The molecule has 0 rings (SSSR count). The molecule has 0 aromatic carbocycles. The van der Waals surface area contributed by atoms with Crippen LogP contribution in [0.25, 0.3) is 0 Å². The summed E-state index contributed by atoms with van der Waals surface area (Å²) in [5, 5.41) is 0. The van der Waals surface area contributed by atoms with Crippen molar-refractivity contribution in [3.05, 3.63) is 36.2 Å². The third kappa shape index (κ3) is 3.50. The molecule has 0 atom stereocenters. The van der Waals surface area contributed by atoms with Gasteiger partial charge in [-0.15, -0.1) is 0 Å². The van der Waals surface area contributed by atoms with Gasteiger partial charge in [0.2, 0.25) is 0 Å². The van der Waals surface area contributed by atoms with Gasteiger partial charge in [0.1, 0.15) is 5.83 Å². The standard InChI is InChI=1S/C9H11FO/c1-6(2)5-9(7(3)10)8(4)11/h5H,1,3H2,2,4H3/b9-5+. The van der Waals surface area contributed by atoms with Crippen molar-refractivity contribution < 1.29 is 9.18 Å². The number of rotatable bonds is 3. The van der Waals surface area contributed by atoms with Gasteiger partial charge in [0.15, 0.2) is 5.78 Å². The molecule has 0 aliphatic rings. The normalized spacial score (nSPS) is 11.0. The first kappa shape index (κ1) is 9.82. The molecule has 0 saturated carbocycles. The van der Waals surface area contributed by atoms with E-state index in [0.717, 1.165) is 0 Å². The minimum atomic E-state index is -0.708. The van der Waals surface area contributed by atoms with Crippen molar-refractivity contribution in [1.29, 1.82) is 0 Å². The highest BCUT2D eigenvalue weighted by atomic mass is 19.1. The van der Waals surface area contributed by atoms with E-state index in [1.807, 2.05) is 0 Å². The summed E-state index contributed by atoms with van der Waals surface area (Å²) in [4.78, 5) is 10.7. The van der Waals surface area contributed by atoms with Crippen LogP contribution in [0.3, 0.4) is 0 Å². The number of Topliss-reactive ketones (excluding diaryl/α,β-unsaturated/α-hetero) is 1. The molecule has 0 aromatic heterocycles. The highest BCUT2D eigenvalue weighted by Gasteiger charge is 2.06. The summed E-state index contributed by atoms with van der Waals surface area (Å²) in [6, 6.07) is 0. The summed E-state index contributed by atoms with van der Waals surface area (Å²) in [6.45, 7) is 9.53. The lowest BCUT2D eigenvalue weighted by Crippen LogP contribution is -1.96. The molecule has 0 amide bonds. The first-order chi connectivity index (χ1) is 4.95. The Morgan fingerprint density at radius 3 is 1.91 bits per heavy atom. The molecule has 0 N–H and O–H groups in total. The van der Waals surface area contributed by atoms with Gasteiger partial charge in [0, 0.05) is 0 Å². The van der Waals surface area contributed by atoms with Gasteiger partial charge >= 0.3 is 0 Å². The number of halogens is 1. The average Bonchev–Trinajstić information content (AvgIpc) is 1.81. The number of allylic oxidation sites excluding steroid dienone is 4. The van der Waals surface area contributed by atoms with Crippen LogP contribution < -0.4 is 0 Å². The zero-order valence-corrected chi connectivity index (χ0v) is 6.78. The van der Waals surface area contributed by atoms with Gasteiger partial charge in [-0.2, -0.15) is 0 Å². The average molecular weight is 154 g/mol. The molecular formula is C9H11FO. The van der Waals surface area contributed by atoms with Crippen molar-refractivity contribution in [2.75, 3.05) is 0 Å². The van der Waals surface area contributed by atoms with E-state index in [-0.39, 0.29) is 11.4 Å². The summed E-state index contributed by atoms with van der Waals surface area (Å²) in [5.74, 6) is -1.04. The van der Waals surface area contributed by atoms with Crippen LogP contribution in [-0.2, 0) is 4.79 Å². The minimum absolute atomic E-state index is 0.00231. The van der Waals surface area contributed by atoms with Gasteiger partial charge in [-0.1, -0.05) is 18.7 Å². The Morgan fingerprint density at radius 2 is 1.82 bits per heavy atom. The number of carbonyl (C=O) groups excluding carboxylic acids is 1. The van der Waals surface area contributed by atoms with Crippen molar-refractivity contribution >= 4 is 5.78 Å². The number of carbonyl (C=O) groups is 1. The van der Waals surface area contributed by atoms with Crippen LogP contribution in [-0.4, -0.2) is 5.78 Å². The molecule has 0 fully saturated rings. The van der Waals surface area contributed by atoms with Crippen molar-refractivity contribution in [3.8, 4) is 0 Å². The zero-order valence-electron chi connectivity index (χ0n) is 6.78. The fourth-order valence-corrected chi connectivity index (χ4v) is 0.617. The van der Waals surface area contributed by atoms with E-state index < -0.39 is 5.83 Å². The predicted molar refractivity (Wildman–Crippen MR) is 43.8 cm³/mol. The lowest BCUT2D eigenvalue weighted by molar-refractivity contribution is -0.113. The van der Waals surface area contributed by atoms with E-state index in [1.165, 1.54) is 13.0 Å². The van der Waals surface area contributed by atoms with Crippen LogP contribution in [0.2, 0.25) is 0 Å². The second-order valence-corrected chi connectivity index (χ2v) is 2.37. The monoisotopic (exact) mass is 154 g/mol. The van der Waals surface area contributed by atoms with Crippen molar-refractivity contribution in [1.82, 2.24) is 0 Å².